The van der Waals surface area contributed by atoms with Gasteiger partial charge in [0, 0.05) is 6.54 Å². The summed E-state index contributed by atoms with van der Waals surface area (Å²) in [5.74, 6) is -3.65. The number of hydrogen-bond donors (Lipinski definition) is 5. The molecule has 1 rings (SSSR count). The molecule has 0 bridgehead atoms. The summed E-state index contributed by atoms with van der Waals surface area (Å²) in [5.41, 5.74) is -0.503. The van der Waals surface area contributed by atoms with E-state index in [1.165, 1.54) is 0 Å². The minimum absolute atomic E-state index is 0.256. The smallest absolute Gasteiger partial charge is 0.414 e. The van der Waals surface area contributed by atoms with Crippen LogP contribution in [-0.2, 0) is 14.3 Å². The van der Waals surface area contributed by atoms with Gasteiger partial charge in [-0.1, -0.05) is 0 Å². The monoisotopic (exact) mass is 306 g/mol. The Hall–Kier alpha value is -1.87. The maximum Gasteiger partial charge on any atom is 0.414 e. The highest BCUT2D eigenvalue weighted by atomic mass is 16.6. The van der Waals surface area contributed by atoms with E-state index in [-0.39, 0.29) is 6.04 Å². The highest BCUT2D eigenvalue weighted by molar-refractivity contribution is 6.27. The van der Waals surface area contributed by atoms with E-state index in [4.69, 9.17) is 24.5 Å². The van der Waals surface area contributed by atoms with Crippen molar-refractivity contribution in [3.63, 3.8) is 0 Å². The van der Waals surface area contributed by atoms with Crippen molar-refractivity contribution in [2.45, 2.75) is 44.9 Å². The van der Waals surface area contributed by atoms with Crippen LogP contribution in [0, 0.1) is 0 Å². The van der Waals surface area contributed by atoms with Gasteiger partial charge in [0.1, 0.15) is 5.60 Å². The molecule has 9 nitrogen and oxygen atoms in total. The number of hydrogen-bond acceptors (Lipinski definition) is 6. The van der Waals surface area contributed by atoms with Crippen molar-refractivity contribution in [3.05, 3.63) is 0 Å². The van der Waals surface area contributed by atoms with Crippen molar-refractivity contribution in [2.24, 2.45) is 0 Å². The molecular weight excluding hydrogens is 284 g/mol. The van der Waals surface area contributed by atoms with Gasteiger partial charge in [0.15, 0.2) is 0 Å². The molecule has 2 atom stereocenters. The Kier molecular flexibility index (Phi) is 7.67. The summed E-state index contributed by atoms with van der Waals surface area (Å²) in [7, 11) is 0. The summed E-state index contributed by atoms with van der Waals surface area (Å²) in [6.07, 6.45) is -0.311. The Bertz CT molecular complexity index is 366. The molecule has 122 valence electrons. The van der Waals surface area contributed by atoms with Crippen LogP contribution in [-0.4, -0.2) is 64.2 Å². The van der Waals surface area contributed by atoms with E-state index >= 15 is 0 Å². The zero-order valence-electron chi connectivity index (χ0n) is 12.3. The van der Waals surface area contributed by atoms with Gasteiger partial charge in [0.2, 0.25) is 0 Å². The van der Waals surface area contributed by atoms with E-state index in [9.17, 15) is 9.90 Å². The lowest BCUT2D eigenvalue weighted by Gasteiger charge is -2.30. The highest BCUT2D eigenvalue weighted by Gasteiger charge is 2.26. The Morgan fingerprint density at radius 3 is 2.10 bits per heavy atom. The van der Waals surface area contributed by atoms with Crippen LogP contribution in [0.5, 0.6) is 0 Å². The average molecular weight is 306 g/mol. The molecule has 0 aromatic carbocycles. The third-order valence-corrected chi connectivity index (χ3v) is 2.33. The van der Waals surface area contributed by atoms with Gasteiger partial charge in [-0.05, 0) is 33.7 Å². The largest absolute Gasteiger partial charge is 0.473 e. The lowest BCUT2D eigenvalue weighted by Crippen LogP contribution is -2.54. The number of carbonyl (C=O) groups excluding carboxylic acids is 1. The Labute approximate surface area is 122 Å². The van der Waals surface area contributed by atoms with Gasteiger partial charge in [-0.25, -0.2) is 14.4 Å². The quantitative estimate of drug-likeness (QED) is 0.403. The molecule has 0 aliphatic carbocycles. The van der Waals surface area contributed by atoms with Gasteiger partial charge in [0.05, 0.1) is 12.1 Å². The standard InChI is InChI=1S/C10H20N2O3.C2H2O4/c1-10(2,3)15-9(14)12-7-6-11-5-4-8(7)13;3-1(4)2(5)6/h7-8,11,13H,4-6H2,1-3H3,(H,12,14);(H,3,4)(H,5,6)/t7-,8+;/m0./s1. The number of carboxylic acid groups (broad SMARTS) is 2. The van der Waals surface area contributed by atoms with Gasteiger partial charge in [-0.3, -0.25) is 0 Å². The molecule has 1 fully saturated rings. The van der Waals surface area contributed by atoms with Crippen LogP contribution < -0.4 is 10.6 Å². The molecule has 1 aliphatic rings. The van der Waals surface area contributed by atoms with Crippen LogP contribution in [0.25, 0.3) is 0 Å². The highest BCUT2D eigenvalue weighted by Crippen LogP contribution is 2.08. The van der Waals surface area contributed by atoms with E-state index in [2.05, 4.69) is 10.6 Å². The van der Waals surface area contributed by atoms with Crippen molar-refractivity contribution >= 4 is 18.0 Å². The number of rotatable bonds is 1. The summed E-state index contributed by atoms with van der Waals surface area (Å²) in [6.45, 7) is 6.79. The molecule has 9 heteroatoms. The molecule has 0 aromatic rings. The van der Waals surface area contributed by atoms with Crippen LogP contribution in [0.4, 0.5) is 4.79 Å². The number of aliphatic hydroxyl groups excluding tert-OH is 1. The SMILES string of the molecule is CC(C)(C)OC(=O)N[C@H]1CNCC[C@H]1O.O=C(O)C(=O)O. The molecule has 0 spiro atoms. The summed E-state index contributed by atoms with van der Waals surface area (Å²) in [4.78, 5) is 29.6. The molecule has 1 aliphatic heterocycles. The number of amides is 1. The van der Waals surface area contributed by atoms with Gasteiger partial charge < -0.3 is 30.7 Å². The minimum Gasteiger partial charge on any atom is -0.473 e. The zero-order chi connectivity index (χ0) is 16.6. The first kappa shape index (κ1) is 19.1. The second kappa shape index (κ2) is 8.42. The van der Waals surface area contributed by atoms with Crippen molar-refractivity contribution in [1.82, 2.24) is 10.6 Å². The maximum atomic E-state index is 11.4. The van der Waals surface area contributed by atoms with E-state index in [0.717, 1.165) is 6.54 Å². The van der Waals surface area contributed by atoms with Crippen molar-refractivity contribution in [1.29, 1.82) is 0 Å². The van der Waals surface area contributed by atoms with Crippen LogP contribution in [0.1, 0.15) is 27.2 Å². The van der Waals surface area contributed by atoms with E-state index in [0.29, 0.717) is 13.0 Å². The molecule has 0 saturated carbocycles. The fourth-order valence-electron chi connectivity index (χ4n) is 1.45. The van der Waals surface area contributed by atoms with E-state index in [1.54, 1.807) is 0 Å². The lowest BCUT2D eigenvalue weighted by molar-refractivity contribution is -0.159. The molecule has 1 saturated heterocycles. The predicted molar refractivity (Wildman–Crippen MR) is 71.9 cm³/mol. The third-order valence-electron chi connectivity index (χ3n) is 2.33. The Balaban J connectivity index is 0.000000567. The number of nitrogens with one attached hydrogen (secondary N) is 2. The molecular formula is C12H22N2O7. The number of alkyl carbamates (subject to hydrolysis) is 1. The van der Waals surface area contributed by atoms with E-state index < -0.39 is 29.7 Å². The molecule has 0 unspecified atom stereocenters. The number of carbonyl (C=O) groups is 3. The minimum atomic E-state index is -1.82. The van der Waals surface area contributed by atoms with Gasteiger partial charge >= 0.3 is 18.0 Å². The topological polar surface area (TPSA) is 145 Å². The van der Waals surface area contributed by atoms with Crippen molar-refractivity contribution in [2.75, 3.05) is 13.1 Å². The maximum absolute atomic E-state index is 11.4. The lowest BCUT2D eigenvalue weighted by atomic mass is 10.0. The van der Waals surface area contributed by atoms with Crippen LogP contribution >= 0.6 is 0 Å². The number of piperidine rings is 1. The third kappa shape index (κ3) is 9.63. The number of ether oxygens (including phenoxy) is 1. The average Bonchev–Trinajstić information content (AvgIpc) is 2.30. The van der Waals surface area contributed by atoms with Gasteiger partial charge in [-0.2, -0.15) is 0 Å². The van der Waals surface area contributed by atoms with Crippen LogP contribution in [0.2, 0.25) is 0 Å². The molecule has 5 N–H and O–H groups in total. The molecule has 0 aromatic heterocycles. The number of aliphatic hydroxyl groups is 1. The summed E-state index contributed by atoms with van der Waals surface area (Å²) in [5, 5.41) is 30.1. The second-order valence-corrected chi connectivity index (χ2v) is 5.42. The second-order valence-electron chi connectivity index (χ2n) is 5.42. The van der Waals surface area contributed by atoms with Crippen LogP contribution in [0.3, 0.4) is 0 Å². The number of carboxylic acids is 2. The first-order chi connectivity index (χ1) is 9.53. The molecule has 0 radical (unpaired) electrons. The van der Waals surface area contributed by atoms with Crippen molar-refractivity contribution < 1.29 is 34.4 Å². The van der Waals surface area contributed by atoms with E-state index in [1.807, 2.05) is 20.8 Å². The zero-order valence-corrected chi connectivity index (χ0v) is 12.3. The first-order valence-corrected chi connectivity index (χ1v) is 6.37. The fourth-order valence-corrected chi connectivity index (χ4v) is 1.45. The summed E-state index contributed by atoms with van der Waals surface area (Å²) >= 11 is 0. The molecule has 21 heavy (non-hydrogen) atoms. The summed E-state index contributed by atoms with van der Waals surface area (Å²) < 4.78 is 5.10. The van der Waals surface area contributed by atoms with Crippen LogP contribution in [0.15, 0.2) is 0 Å². The molecule has 1 heterocycles. The summed E-state index contributed by atoms with van der Waals surface area (Å²) in [6, 6.07) is -0.256. The van der Waals surface area contributed by atoms with Gasteiger partial charge in [0.25, 0.3) is 0 Å². The predicted octanol–water partition coefficient (Wildman–Crippen LogP) is -0.610. The molecule has 1 amide bonds. The first-order valence-electron chi connectivity index (χ1n) is 6.37. The Morgan fingerprint density at radius 2 is 1.71 bits per heavy atom. The van der Waals surface area contributed by atoms with Crippen molar-refractivity contribution in [3.8, 4) is 0 Å². The normalized spacial score (nSPS) is 21.5. The van der Waals surface area contributed by atoms with Gasteiger partial charge in [-0.15, -0.1) is 0 Å². The Morgan fingerprint density at radius 1 is 1.19 bits per heavy atom. The fraction of sp³-hybridized carbons (Fsp3) is 0.750. The number of aliphatic carboxylic acids is 2.